The van der Waals surface area contributed by atoms with E-state index in [1.807, 2.05) is 0 Å². The van der Waals surface area contributed by atoms with E-state index in [0.717, 1.165) is 6.07 Å². The molecule has 5 N–H and O–H groups in total. The third-order valence-electron chi connectivity index (χ3n) is 2.37. The van der Waals surface area contributed by atoms with Crippen molar-refractivity contribution in [2.24, 2.45) is 5.73 Å². The topological polar surface area (TPSA) is 104 Å². The highest BCUT2D eigenvalue weighted by Gasteiger charge is 2.40. The number of carbonyl (C=O) groups is 1. The van der Waals surface area contributed by atoms with E-state index in [0.29, 0.717) is 0 Å². The van der Waals surface area contributed by atoms with E-state index in [9.17, 15) is 18.7 Å². The molecule has 0 bridgehead atoms. The summed E-state index contributed by atoms with van der Waals surface area (Å²) in [6.07, 6.45) is 0. The first-order chi connectivity index (χ1) is 8.22. The first kappa shape index (κ1) is 14.8. The Bertz CT molecular complexity index is 481. The molecule has 0 fully saturated rings. The van der Waals surface area contributed by atoms with Gasteiger partial charge in [0.25, 0.3) is 5.92 Å². The maximum Gasteiger partial charge on any atom is 0.339 e. The number of carboxylic acid groups (broad SMARTS) is 1. The van der Waals surface area contributed by atoms with Gasteiger partial charge >= 0.3 is 5.97 Å². The summed E-state index contributed by atoms with van der Waals surface area (Å²) in [4.78, 5) is 10.8. The minimum atomic E-state index is -3.68. The number of rotatable bonds is 4. The highest BCUT2D eigenvalue weighted by Crippen LogP contribution is 2.39. The normalized spacial score (nSPS) is 13.4. The maximum atomic E-state index is 13.3. The number of aliphatic hydroxyl groups excluding tert-OH is 1. The highest BCUT2D eigenvalue weighted by molar-refractivity contribution is 9.10. The molecule has 0 aliphatic carbocycles. The van der Waals surface area contributed by atoms with E-state index < -0.39 is 41.4 Å². The molecule has 0 saturated heterocycles. The third-order valence-corrected chi connectivity index (χ3v) is 3.06. The van der Waals surface area contributed by atoms with Crippen molar-refractivity contribution in [3.8, 4) is 5.75 Å². The van der Waals surface area contributed by atoms with Crippen LogP contribution in [0.15, 0.2) is 16.6 Å². The quantitative estimate of drug-likeness (QED) is 0.671. The average molecular weight is 326 g/mol. The minimum absolute atomic E-state index is 0.0330. The number of nitrogens with two attached hydrogens (primary N) is 1. The van der Waals surface area contributed by atoms with Crippen molar-refractivity contribution in [1.29, 1.82) is 0 Å². The lowest BCUT2D eigenvalue weighted by molar-refractivity contribution is -0.0717. The number of benzene rings is 1. The van der Waals surface area contributed by atoms with E-state index in [1.54, 1.807) is 0 Å². The van der Waals surface area contributed by atoms with Gasteiger partial charge in [0.05, 0.1) is 0 Å². The Labute approximate surface area is 109 Å². The average Bonchev–Trinajstić information content (AvgIpc) is 2.28. The molecule has 5 nitrogen and oxygen atoms in total. The highest BCUT2D eigenvalue weighted by atomic mass is 79.9. The fraction of sp³-hybridized carbons (Fsp3) is 0.300. The monoisotopic (exact) mass is 325 g/mol. The van der Waals surface area contributed by atoms with Gasteiger partial charge in [0, 0.05) is 10.0 Å². The van der Waals surface area contributed by atoms with Crippen molar-refractivity contribution in [3.05, 3.63) is 27.7 Å². The summed E-state index contributed by atoms with van der Waals surface area (Å²) in [6.45, 7) is -1.52. The number of carboxylic acids is 1. The van der Waals surface area contributed by atoms with Crippen molar-refractivity contribution in [1.82, 2.24) is 0 Å². The second-order valence-corrected chi connectivity index (χ2v) is 4.41. The molecule has 18 heavy (non-hydrogen) atoms. The lowest BCUT2D eigenvalue weighted by atomic mass is 9.98. The van der Waals surface area contributed by atoms with Crippen LogP contribution in [-0.2, 0) is 0 Å². The summed E-state index contributed by atoms with van der Waals surface area (Å²) in [6, 6.07) is 0.206. The van der Waals surface area contributed by atoms with E-state index in [2.05, 4.69) is 15.9 Å². The number of halogens is 3. The Hall–Kier alpha value is -1.25. The van der Waals surface area contributed by atoms with Gasteiger partial charge in [-0.3, -0.25) is 0 Å². The Morgan fingerprint density at radius 1 is 1.50 bits per heavy atom. The summed E-state index contributed by atoms with van der Waals surface area (Å²) in [7, 11) is 0. The molecule has 0 aliphatic rings. The SMILES string of the molecule is N[C@H](c1c(Br)ccc(C(=O)O)c1O)C(F)(F)CO. The Kier molecular flexibility index (Phi) is 4.25. The fourth-order valence-corrected chi connectivity index (χ4v) is 1.93. The van der Waals surface area contributed by atoms with Crippen LogP contribution in [0.2, 0.25) is 0 Å². The zero-order valence-corrected chi connectivity index (χ0v) is 10.5. The van der Waals surface area contributed by atoms with Gasteiger partial charge in [0.2, 0.25) is 0 Å². The molecular weight excluding hydrogens is 316 g/mol. The molecule has 8 heteroatoms. The number of hydrogen-bond acceptors (Lipinski definition) is 4. The van der Waals surface area contributed by atoms with Crippen molar-refractivity contribution in [2.45, 2.75) is 12.0 Å². The van der Waals surface area contributed by atoms with Crippen LogP contribution >= 0.6 is 15.9 Å². The van der Waals surface area contributed by atoms with E-state index >= 15 is 0 Å². The Balaban J connectivity index is 3.40. The zero-order chi connectivity index (χ0) is 14.1. The van der Waals surface area contributed by atoms with Crippen molar-refractivity contribution in [2.75, 3.05) is 6.61 Å². The third kappa shape index (κ3) is 2.60. The van der Waals surface area contributed by atoms with Crippen LogP contribution < -0.4 is 5.73 Å². The molecule has 0 amide bonds. The van der Waals surface area contributed by atoms with Crippen LogP contribution in [0.5, 0.6) is 5.75 Å². The van der Waals surface area contributed by atoms with Gasteiger partial charge in [0.1, 0.15) is 24.0 Å². The van der Waals surface area contributed by atoms with Gasteiger partial charge in [-0.05, 0) is 12.1 Å². The molecule has 1 aromatic carbocycles. The largest absolute Gasteiger partial charge is 0.507 e. The molecule has 0 unspecified atom stereocenters. The first-order valence-corrected chi connectivity index (χ1v) is 5.50. The van der Waals surface area contributed by atoms with Gasteiger partial charge in [-0.2, -0.15) is 0 Å². The van der Waals surface area contributed by atoms with Crippen molar-refractivity contribution in [3.63, 3.8) is 0 Å². The molecule has 1 aromatic rings. The first-order valence-electron chi connectivity index (χ1n) is 4.71. The lowest BCUT2D eigenvalue weighted by Crippen LogP contribution is -2.36. The Morgan fingerprint density at radius 3 is 2.50 bits per heavy atom. The zero-order valence-electron chi connectivity index (χ0n) is 8.90. The maximum absolute atomic E-state index is 13.3. The minimum Gasteiger partial charge on any atom is -0.507 e. The number of hydrogen-bond donors (Lipinski definition) is 4. The number of phenols is 1. The van der Waals surface area contributed by atoms with Crippen molar-refractivity contribution < 1.29 is 28.9 Å². The molecule has 0 saturated carbocycles. The van der Waals surface area contributed by atoms with Gasteiger partial charge < -0.3 is 21.1 Å². The Morgan fingerprint density at radius 2 is 2.06 bits per heavy atom. The molecule has 100 valence electrons. The molecule has 0 radical (unpaired) electrons. The summed E-state index contributed by atoms with van der Waals surface area (Å²) in [5.41, 5.74) is 4.25. The van der Waals surface area contributed by atoms with Crippen LogP contribution in [0, 0.1) is 0 Å². The summed E-state index contributed by atoms with van der Waals surface area (Å²) < 4.78 is 26.6. The van der Waals surface area contributed by atoms with Crippen LogP contribution in [0.3, 0.4) is 0 Å². The molecule has 0 heterocycles. The summed E-state index contributed by atoms with van der Waals surface area (Å²) >= 11 is 2.90. The number of aliphatic hydroxyl groups is 1. The molecule has 0 aliphatic heterocycles. The predicted molar refractivity (Wildman–Crippen MR) is 61.7 cm³/mol. The molecular formula is C10H10BrF2NO4. The van der Waals surface area contributed by atoms with E-state index in [-0.39, 0.29) is 4.47 Å². The molecule has 1 rings (SSSR count). The predicted octanol–water partition coefficient (Wildman–Crippen LogP) is 1.48. The summed E-state index contributed by atoms with van der Waals surface area (Å²) in [5, 5.41) is 27.0. The number of aromatic carboxylic acids is 1. The molecule has 0 spiro atoms. The van der Waals surface area contributed by atoms with Gasteiger partial charge in [-0.1, -0.05) is 15.9 Å². The van der Waals surface area contributed by atoms with Crippen LogP contribution in [0.25, 0.3) is 0 Å². The van der Waals surface area contributed by atoms with Crippen LogP contribution in [0.4, 0.5) is 8.78 Å². The summed E-state index contributed by atoms with van der Waals surface area (Å²) in [5.74, 6) is -6.00. The molecule has 0 aromatic heterocycles. The molecule has 1 atom stereocenters. The smallest absolute Gasteiger partial charge is 0.339 e. The number of alkyl halides is 2. The second-order valence-electron chi connectivity index (χ2n) is 3.56. The fourth-order valence-electron chi connectivity index (χ4n) is 1.36. The van der Waals surface area contributed by atoms with Gasteiger partial charge in [0.15, 0.2) is 0 Å². The van der Waals surface area contributed by atoms with Gasteiger partial charge in [-0.15, -0.1) is 0 Å². The van der Waals surface area contributed by atoms with Crippen LogP contribution in [0.1, 0.15) is 22.0 Å². The van der Waals surface area contributed by atoms with E-state index in [4.69, 9.17) is 15.9 Å². The van der Waals surface area contributed by atoms with Crippen LogP contribution in [-0.4, -0.2) is 33.8 Å². The van der Waals surface area contributed by atoms with Gasteiger partial charge in [-0.25, -0.2) is 13.6 Å². The second kappa shape index (κ2) is 5.17. The number of aromatic hydroxyl groups is 1. The van der Waals surface area contributed by atoms with Crippen molar-refractivity contribution >= 4 is 21.9 Å². The lowest BCUT2D eigenvalue weighted by Gasteiger charge is -2.23. The standard InChI is InChI=1S/C10H10BrF2NO4/c11-5-2-1-4(9(17)18)7(16)6(5)8(14)10(12,13)3-15/h1-2,8,15-16H,3,14H2,(H,17,18)/t8-/m1/s1. The van der Waals surface area contributed by atoms with E-state index in [1.165, 1.54) is 6.07 Å².